The normalized spacial score (nSPS) is 32.4. The van der Waals surface area contributed by atoms with Crippen molar-refractivity contribution in [3.05, 3.63) is 0 Å². The molecule has 4 heteroatoms. The molecule has 2 atom stereocenters. The number of hydrogen-bond acceptors (Lipinski definition) is 3. The fraction of sp³-hybridized carbons (Fsp3) is 0.900. The summed E-state index contributed by atoms with van der Waals surface area (Å²) >= 11 is 0. The molecule has 1 amide bonds. The molecule has 0 aromatic heterocycles. The second-order valence-corrected chi connectivity index (χ2v) is 4.15. The van der Waals surface area contributed by atoms with Crippen LogP contribution < -0.4 is 0 Å². The first-order valence-electron chi connectivity index (χ1n) is 5.37. The van der Waals surface area contributed by atoms with Gasteiger partial charge in [-0.25, -0.2) is 4.79 Å². The van der Waals surface area contributed by atoms with Crippen LogP contribution in [0, 0.1) is 5.92 Å². The summed E-state index contributed by atoms with van der Waals surface area (Å²) in [5, 5.41) is 9.59. The highest BCUT2D eigenvalue weighted by atomic mass is 16.6. The molecule has 2 fully saturated rings. The lowest BCUT2D eigenvalue weighted by Gasteiger charge is -2.18. The van der Waals surface area contributed by atoms with Crippen molar-refractivity contribution in [3.63, 3.8) is 0 Å². The van der Waals surface area contributed by atoms with Crippen molar-refractivity contribution in [3.8, 4) is 0 Å². The molecule has 4 nitrogen and oxygen atoms in total. The van der Waals surface area contributed by atoms with Crippen LogP contribution in [-0.2, 0) is 4.74 Å². The number of ether oxygens (including phenoxy) is 1. The SMILES string of the molecule is O=C1OCCN1CCC1CCCC1O. The number of hydrogen-bond donors (Lipinski definition) is 1. The average Bonchev–Trinajstić information content (AvgIpc) is 2.72. The molecule has 1 saturated heterocycles. The Balaban J connectivity index is 1.73. The first-order valence-corrected chi connectivity index (χ1v) is 5.37. The summed E-state index contributed by atoms with van der Waals surface area (Å²) in [6.45, 7) is 1.97. The zero-order valence-corrected chi connectivity index (χ0v) is 8.32. The maximum absolute atomic E-state index is 11.1. The first kappa shape index (κ1) is 9.77. The van der Waals surface area contributed by atoms with Gasteiger partial charge in [-0.3, -0.25) is 0 Å². The first-order chi connectivity index (χ1) is 6.77. The topological polar surface area (TPSA) is 49.8 Å². The lowest BCUT2D eigenvalue weighted by molar-refractivity contribution is 0.119. The Bertz CT molecular complexity index is 219. The summed E-state index contributed by atoms with van der Waals surface area (Å²) in [7, 11) is 0. The molecule has 80 valence electrons. The Labute approximate surface area is 83.8 Å². The van der Waals surface area contributed by atoms with Crippen molar-refractivity contribution in [2.45, 2.75) is 31.8 Å². The van der Waals surface area contributed by atoms with Gasteiger partial charge in [0.15, 0.2) is 0 Å². The lowest BCUT2D eigenvalue weighted by Crippen LogP contribution is -2.28. The quantitative estimate of drug-likeness (QED) is 0.737. The molecule has 0 aromatic rings. The van der Waals surface area contributed by atoms with Gasteiger partial charge in [0, 0.05) is 6.54 Å². The van der Waals surface area contributed by atoms with Gasteiger partial charge in [-0.05, 0) is 25.2 Å². The van der Waals surface area contributed by atoms with Gasteiger partial charge in [-0.1, -0.05) is 6.42 Å². The van der Waals surface area contributed by atoms with Gasteiger partial charge in [0.05, 0.1) is 12.6 Å². The van der Waals surface area contributed by atoms with Crippen LogP contribution in [0.15, 0.2) is 0 Å². The van der Waals surface area contributed by atoms with Crippen molar-refractivity contribution in [1.82, 2.24) is 4.90 Å². The third-order valence-electron chi connectivity index (χ3n) is 3.23. The molecule has 1 saturated carbocycles. The van der Waals surface area contributed by atoms with E-state index < -0.39 is 0 Å². The largest absolute Gasteiger partial charge is 0.448 e. The van der Waals surface area contributed by atoms with Crippen molar-refractivity contribution in [2.24, 2.45) is 5.92 Å². The summed E-state index contributed by atoms with van der Waals surface area (Å²) in [5.74, 6) is 0.392. The summed E-state index contributed by atoms with van der Waals surface area (Å²) in [6, 6.07) is 0. The second kappa shape index (κ2) is 4.17. The van der Waals surface area contributed by atoms with E-state index in [2.05, 4.69) is 0 Å². The predicted molar refractivity (Wildman–Crippen MR) is 50.9 cm³/mol. The molecule has 2 aliphatic rings. The number of aliphatic hydroxyl groups excluding tert-OH is 1. The van der Waals surface area contributed by atoms with Crippen LogP contribution in [0.3, 0.4) is 0 Å². The van der Waals surface area contributed by atoms with E-state index in [9.17, 15) is 9.90 Å². The molecule has 0 spiro atoms. The Morgan fingerprint density at radius 2 is 2.36 bits per heavy atom. The highest BCUT2D eigenvalue weighted by Crippen LogP contribution is 2.28. The highest BCUT2D eigenvalue weighted by molar-refractivity contribution is 5.69. The molecular weight excluding hydrogens is 182 g/mol. The van der Waals surface area contributed by atoms with Gasteiger partial charge in [-0.2, -0.15) is 0 Å². The molecule has 0 radical (unpaired) electrons. The van der Waals surface area contributed by atoms with Gasteiger partial charge < -0.3 is 14.7 Å². The smallest absolute Gasteiger partial charge is 0.409 e. The molecule has 1 aliphatic heterocycles. The van der Waals surface area contributed by atoms with Gasteiger partial charge in [-0.15, -0.1) is 0 Å². The summed E-state index contributed by atoms with van der Waals surface area (Å²) in [5.41, 5.74) is 0. The second-order valence-electron chi connectivity index (χ2n) is 4.15. The molecular formula is C10H17NO3. The van der Waals surface area contributed by atoms with Crippen molar-refractivity contribution < 1.29 is 14.6 Å². The maximum Gasteiger partial charge on any atom is 0.409 e. The van der Waals surface area contributed by atoms with Gasteiger partial charge in [0.1, 0.15) is 6.61 Å². The number of aliphatic hydroxyl groups is 1. The number of carbonyl (C=O) groups excluding carboxylic acids is 1. The Hall–Kier alpha value is -0.770. The zero-order valence-electron chi connectivity index (χ0n) is 8.32. The molecule has 2 unspecified atom stereocenters. The van der Waals surface area contributed by atoms with Crippen LogP contribution >= 0.6 is 0 Å². The molecule has 1 heterocycles. The molecule has 1 N–H and O–H groups in total. The van der Waals surface area contributed by atoms with Crippen LogP contribution in [0.1, 0.15) is 25.7 Å². The third-order valence-corrected chi connectivity index (χ3v) is 3.23. The van der Waals surface area contributed by atoms with E-state index in [1.165, 1.54) is 0 Å². The van der Waals surface area contributed by atoms with Crippen LogP contribution in [0.5, 0.6) is 0 Å². The van der Waals surface area contributed by atoms with E-state index >= 15 is 0 Å². The summed E-state index contributed by atoms with van der Waals surface area (Å²) in [6.07, 6.45) is 3.72. The Morgan fingerprint density at radius 3 is 2.93 bits per heavy atom. The fourth-order valence-electron chi connectivity index (χ4n) is 2.30. The number of carbonyl (C=O) groups is 1. The third kappa shape index (κ3) is 2.00. The molecule has 14 heavy (non-hydrogen) atoms. The van der Waals surface area contributed by atoms with Crippen LogP contribution in [-0.4, -0.2) is 41.9 Å². The predicted octanol–water partition coefficient (Wildman–Crippen LogP) is 0.990. The van der Waals surface area contributed by atoms with Crippen molar-refractivity contribution in [2.75, 3.05) is 19.7 Å². The standard InChI is InChI=1S/C10H17NO3/c12-9-3-1-2-8(9)4-5-11-6-7-14-10(11)13/h8-9,12H,1-7H2. The Kier molecular flexibility index (Phi) is 2.91. The molecule has 0 aromatic carbocycles. The lowest BCUT2D eigenvalue weighted by atomic mass is 10.0. The van der Waals surface area contributed by atoms with Crippen molar-refractivity contribution >= 4 is 6.09 Å². The van der Waals surface area contributed by atoms with Crippen molar-refractivity contribution in [1.29, 1.82) is 0 Å². The number of nitrogens with zero attached hydrogens (tertiary/aromatic N) is 1. The van der Waals surface area contributed by atoms with E-state index in [4.69, 9.17) is 4.74 Å². The molecule has 1 aliphatic carbocycles. The number of rotatable bonds is 3. The van der Waals surface area contributed by atoms with E-state index in [-0.39, 0.29) is 12.2 Å². The number of cyclic esters (lactones) is 1. The minimum Gasteiger partial charge on any atom is -0.448 e. The minimum absolute atomic E-state index is 0.145. The highest BCUT2D eigenvalue weighted by Gasteiger charge is 2.28. The van der Waals surface area contributed by atoms with Gasteiger partial charge in [0.2, 0.25) is 0 Å². The maximum atomic E-state index is 11.1. The zero-order chi connectivity index (χ0) is 9.97. The number of amides is 1. The fourth-order valence-corrected chi connectivity index (χ4v) is 2.30. The minimum atomic E-state index is -0.197. The van der Waals surface area contributed by atoms with E-state index in [0.29, 0.717) is 19.1 Å². The Morgan fingerprint density at radius 1 is 1.50 bits per heavy atom. The summed E-state index contributed by atoms with van der Waals surface area (Å²) in [4.78, 5) is 12.8. The van der Waals surface area contributed by atoms with E-state index in [1.54, 1.807) is 4.90 Å². The summed E-state index contributed by atoms with van der Waals surface area (Å²) < 4.78 is 4.83. The van der Waals surface area contributed by atoms with Crippen LogP contribution in [0.2, 0.25) is 0 Å². The molecule has 0 bridgehead atoms. The van der Waals surface area contributed by atoms with Crippen LogP contribution in [0.4, 0.5) is 4.79 Å². The van der Waals surface area contributed by atoms with E-state index in [1.807, 2.05) is 0 Å². The van der Waals surface area contributed by atoms with Gasteiger partial charge in [0.25, 0.3) is 0 Å². The monoisotopic (exact) mass is 199 g/mol. The van der Waals surface area contributed by atoms with Gasteiger partial charge >= 0.3 is 6.09 Å². The van der Waals surface area contributed by atoms with E-state index in [0.717, 1.165) is 32.2 Å². The molecule has 2 rings (SSSR count). The average molecular weight is 199 g/mol. The van der Waals surface area contributed by atoms with Crippen LogP contribution in [0.25, 0.3) is 0 Å².